The molecule has 1 N–H and O–H groups in total. The van der Waals surface area contributed by atoms with E-state index in [0.29, 0.717) is 11.4 Å². The Morgan fingerprint density at radius 1 is 1.24 bits per heavy atom. The summed E-state index contributed by atoms with van der Waals surface area (Å²) in [5.41, 5.74) is 0.662. The smallest absolute Gasteiger partial charge is 0.346 e. The number of hydrogen-bond donors (Lipinski definition) is 1. The van der Waals surface area contributed by atoms with Crippen LogP contribution in [0.3, 0.4) is 0 Å². The van der Waals surface area contributed by atoms with Gasteiger partial charge in [-0.2, -0.15) is 0 Å². The molecule has 0 bridgehead atoms. The second kappa shape index (κ2) is 5.60. The van der Waals surface area contributed by atoms with Crippen LogP contribution in [0, 0.1) is 5.92 Å². The molecule has 5 heteroatoms. The summed E-state index contributed by atoms with van der Waals surface area (Å²) in [6, 6.07) is 7.09. The predicted molar refractivity (Wildman–Crippen MR) is 77.3 cm³/mol. The van der Waals surface area contributed by atoms with E-state index < -0.39 is 12.1 Å². The zero-order chi connectivity index (χ0) is 14.8. The van der Waals surface area contributed by atoms with Crippen LogP contribution in [0.15, 0.2) is 36.4 Å². The molecule has 0 fully saturated rings. The number of carbonyl (C=O) groups excluding carboxylic acids is 1. The lowest BCUT2D eigenvalue weighted by molar-refractivity contribution is -0.145. The molecule has 0 spiro atoms. The van der Waals surface area contributed by atoms with Crippen molar-refractivity contribution in [1.29, 1.82) is 0 Å². The summed E-state index contributed by atoms with van der Waals surface area (Å²) in [6.07, 6.45) is 5.51. The lowest BCUT2D eigenvalue weighted by Crippen LogP contribution is -2.49. The van der Waals surface area contributed by atoms with E-state index in [1.165, 1.54) is 0 Å². The molecule has 1 heterocycles. The third kappa shape index (κ3) is 2.63. The summed E-state index contributed by atoms with van der Waals surface area (Å²) in [5.74, 6) is -0.682. The van der Waals surface area contributed by atoms with Crippen LogP contribution in [0.5, 0.6) is 5.75 Å². The molecule has 21 heavy (non-hydrogen) atoms. The van der Waals surface area contributed by atoms with Crippen LogP contribution in [-0.4, -0.2) is 29.6 Å². The van der Waals surface area contributed by atoms with Gasteiger partial charge in [-0.3, -0.25) is 4.79 Å². The lowest BCUT2D eigenvalue weighted by Gasteiger charge is -2.35. The number of fused-ring (bicyclic) bond motifs is 1. The summed E-state index contributed by atoms with van der Waals surface area (Å²) < 4.78 is 5.45. The number of rotatable bonds is 2. The van der Waals surface area contributed by atoms with Gasteiger partial charge in [-0.1, -0.05) is 24.3 Å². The van der Waals surface area contributed by atoms with E-state index in [1.54, 1.807) is 23.1 Å². The molecule has 2 unspecified atom stereocenters. The quantitative estimate of drug-likeness (QED) is 0.847. The predicted octanol–water partition coefficient (Wildman–Crippen LogP) is 2.22. The Morgan fingerprint density at radius 2 is 2.05 bits per heavy atom. The number of ether oxygens (including phenoxy) is 1. The third-order valence-corrected chi connectivity index (χ3v) is 3.93. The molecule has 0 radical (unpaired) electrons. The normalized spacial score (nSPS) is 24.1. The monoisotopic (exact) mass is 287 g/mol. The van der Waals surface area contributed by atoms with Gasteiger partial charge in [-0.15, -0.1) is 0 Å². The first-order valence-electron chi connectivity index (χ1n) is 7.11. The van der Waals surface area contributed by atoms with Crippen molar-refractivity contribution >= 4 is 17.6 Å². The van der Waals surface area contributed by atoms with E-state index in [0.717, 1.165) is 19.3 Å². The lowest BCUT2D eigenvalue weighted by atomic mass is 9.92. The van der Waals surface area contributed by atoms with E-state index in [-0.39, 0.29) is 18.4 Å². The van der Waals surface area contributed by atoms with Gasteiger partial charge in [0.25, 0.3) is 0 Å². The average molecular weight is 287 g/mol. The van der Waals surface area contributed by atoms with Crippen LogP contribution in [0.4, 0.5) is 5.69 Å². The number of aliphatic carboxylic acids is 1. The van der Waals surface area contributed by atoms with Gasteiger partial charge in [0, 0.05) is 5.92 Å². The Bertz CT molecular complexity index is 596. The molecule has 1 amide bonds. The molecule has 2 atom stereocenters. The second-order valence-corrected chi connectivity index (χ2v) is 5.34. The van der Waals surface area contributed by atoms with Crippen molar-refractivity contribution in [2.45, 2.75) is 25.4 Å². The standard InChI is InChI=1S/C16H17NO4/c18-15(11-6-2-1-3-7-11)17-10-14(16(19)20)21-13-9-5-4-8-12(13)17/h1-2,4-5,8-9,11,14H,3,6-7,10H2,(H,19,20). The fourth-order valence-electron chi connectivity index (χ4n) is 2.81. The van der Waals surface area contributed by atoms with Crippen molar-refractivity contribution in [3.05, 3.63) is 36.4 Å². The van der Waals surface area contributed by atoms with Crippen molar-refractivity contribution in [1.82, 2.24) is 0 Å². The number of allylic oxidation sites excluding steroid dienone is 2. The summed E-state index contributed by atoms with van der Waals surface area (Å²) in [4.78, 5) is 25.5. The summed E-state index contributed by atoms with van der Waals surface area (Å²) in [5, 5.41) is 9.20. The molecule has 3 rings (SSSR count). The van der Waals surface area contributed by atoms with Gasteiger partial charge in [0.15, 0.2) is 0 Å². The second-order valence-electron chi connectivity index (χ2n) is 5.34. The molecule has 1 aliphatic heterocycles. The number of carboxylic acid groups (broad SMARTS) is 1. The molecule has 1 aromatic carbocycles. The summed E-state index contributed by atoms with van der Waals surface area (Å²) >= 11 is 0. The highest BCUT2D eigenvalue weighted by Crippen LogP contribution is 2.35. The highest BCUT2D eigenvalue weighted by Gasteiger charge is 2.36. The SMILES string of the molecule is O=C(O)C1CN(C(=O)C2CC=CCC2)c2ccccc2O1. The first-order valence-corrected chi connectivity index (χ1v) is 7.11. The topological polar surface area (TPSA) is 66.8 Å². The van der Waals surface area contributed by atoms with Crippen molar-refractivity contribution in [3.63, 3.8) is 0 Å². The van der Waals surface area contributed by atoms with Crippen LogP contribution in [0.1, 0.15) is 19.3 Å². The number of benzene rings is 1. The van der Waals surface area contributed by atoms with Crippen molar-refractivity contribution in [2.24, 2.45) is 5.92 Å². The van der Waals surface area contributed by atoms with Gasteiger partial charge in [0.2, 0.25) is 12.0 Å². The maximum Gasteiger partial charge on any atom is 0.346 e. The largest absolute Gasteiger partial charge is 0.478 e. The van der Waals surface area contributed by atoms with Gasteiger partial charge in [0.05, 0.1) is 12.2 Å². The summed E-state index contributed by atoms with van der Waals surface area (Å²) in [7, 11) is 0. The van der Waals surface area contributed by atoms with Gasteiger partial charge in [0.1, 0.15) is 5.75 Å². The van der Waals surface area contributed by atoms with Gasteiger partial charge >= 0.3 is 5.97 Å². The van der Waals surface area contributed by atoms with E-state index >= 15 is 0 Å². The van der Waals surface area contributed by atoms with Crippen molar-refractivity contribution < 1.29 is 19.4 Å². The average Bonchev–Trinajstić information content (AvgIpc) is 2.54. The number of hydrogen-bond acceptors (Lipinski definition) is 3. The van der Waals surface area contributed by atoms with Crippen LogP contribution >= 0.6 is 0 Å². The minimum absolute atomic E-state index is 0.0126. The Kier molecular flexibility index (Phi) is 3.64. The third-order valence-electron chi connectivity index (χ3n) is 3.93. The molecular formula is C16H17NO4. The zero-order valence-corrected chi connectivity index (χ0v) is 11.6. The van der Waals surface area contributed by atoms with Crippen molar-refractivity contribution in [2.75, 3.05) is 11.4 Å². The van der Waals surface area contributed by atoms with Gasteiger partial charge < -0.3 is 14.7 Å². The number of nitrogens with zero attached hydrogens (tertiary/aromatic N) is 1. The minimum Gasteiger partial charge on any atom is -0.478 e. The first-order chi connectivity index (χ1) is 10.2. The Hall–Kier alpha value is -2.30. The Morgan fingerprint density at radius 3 is 2.76 bits per heavy atom. The van der Waals surface area contributed by atoms with Gasteiger partial charge in [-0.25, -0.2) is 4.79 Å². The van der Waals surface area contributed by atoms with E-state index in [1.807, 2.05) is 12.1 Å². The number of amides is 1. The van der Waals surface area contributed by atoms with Crippen LogP contribution in [0.2, 0.25) is 0 Å². The maximum atomic E-state index is 12.7. The molecule has 0 saturated carbocycles. The number of carboxylic acids is 1. The number of carbonyl (C=O) groups is 2. The molecule has 2 aliphatic rings. The van der Waals surface area contributed by atoms with Crippen LogP contribution in [-0.2, 0) is 9.59 Å². The molecule has 110 valence electrons. The highest BCUT2D eigenvalue weighted by molar-refractivity contribution is 5.98. The van der Waals surface area contributed by atoms with E-state index in [4.69, 9.17) is 4.74 Å². The van der Waals surface area contributed by atoms with Crippen LogP contribution < -0.4 is 9.64 Å². The minimum atomic E-state index is -1.05. The molecule has 1 aliphatic carbocycles. The highest BCUT2D eigenvalue weighted by atomic mass is 16.5. The number of para-hydroxylation sites is 2. The first kappa shape index (κ1) is 13.7. The fraction of sp³-hybridized carbons (Fsp3) is 0.375. The number of anilines is 1. The molecule has 1 aromatic rings. The Balaban J connectivity index is 1.90. The Labute approximate surface area is 122 Å². The molecule has 0 aromatic heterocycles. The zero-order valence-electron chi connectivity index (χ0n) is 11.6. The van der Waals surface area contributed by atoms with Crippen molar-refractivity contribution in [3.8, 4) is 5.75 Å². The van der Waals surface area contributed by atoms with Gasteiger partial charge in [-0.05, 0) is 31.4 Å². The molecule has 0 saturated heterocycles. The van der Waals surface area contributed by atoms with E-state index in [9.17, 15) is 14.7 Å². The fourth-order valence-corrected chi connectivity index (χ4v) is 2.81. The molecular weight excluding hydrogens is 270 g/mol. The maximum absolute atomic E-state index is 12.7. The summed E-state index contributed by atoms with van der Waals surface area (Å²) in [6.45, 7) is 0.0609. The van der Waals surface area contributed by atoms with E-state index in [2.05, 4.69) is 6.08 Å². The molecule has 5 nitrogen and oxygen atoms in total. The van der Waals surface area contributed by atoms with Crippen LogP contribution in [0.25, 0.3) is 0 Å².